The fourth-order valence-electron chi connectivity index (χ4n) is 1.92. The first-order chi connectivity index (χ1) is 11.2. The van der Waals surface area contributed by atoms with Gasteiger partial charge in [0.15, 0.2) is 6.61 Å². The number of nitrogens with one attached hydrogen (secondary N) is 1. The number of ether oxygens (including phenoxy) is 1. The van der Waals surface area contributed by atoms with Crippen LogP contribution in [-0.2, 0) is 14.8 Å². The molecule has 2 rings (SSSR count). The predicted octanol–water partition coefficient (Wildman–Crippen LogP) is 3.18. The second-order valence-corrected chi connectivity index (χ2v) is 8.24. The van der Waals surface area contributed by atoms with Crippen molar-refractivity contribution in [3.8, 4) is 5.75 Å². The van der Waals surface area contributed by atoms with Crippen LogP contribution in [0.1, 0.15) is 5.56 Å². The minimum absolute atomic E-state index is 0.0307. The monoisotopic (exact) mass is 476 g/mol. The van der Waals surface area contributed by atoms with Crippen LogP contribution in [0.5, 0.6) is 5.75 Å². The Hall–Kier alpha value is -1.42. The number of anilines is 1. The Labute approximate surface area is 156 Å². The number of rotatable bonds is 5. The molecule has 0 saturated carbocycles. The summed E-state index contributed by atoms with van der Waals surface area (Å²) < 4.78 is 30.0. The molecular weight excluding hydrogens is 464 g/mol. The molecule has 0 aliphatic rings. The number of aryl methyl sites for hydroxylation is 1. The maximum absolute atomic E-state index is 12.0. The Balaban J connectivity index is 2.05. The van der Waals surface area contributed by atoms with Crippen LogP contribution < -0.4 is 15.2 Å². The molecule has 24 heavy (non-hydrogen) atoms. The van der Waals surface area contributed by atoms with E-state index < -0.39 is 15.9 Å². The minimum Gasteiger partial charge on any atom is -0.483 e. The molecule has 0 atom stereocenters. The molecular formula is C15H14Br2N2O4S. The number of sulfonamides is 1. The molecule has 2 aromatic rings. The Morgan fingerprint density at radius 1 is 1.21 bits per heavy atom. The molecule has 0 unspecified atom stereocenters. The van der Waals surface area contributed by atoms with Gasteiger partial charge in [-0.05, 0) is 58.7 Å². The highest BCUT2D eigenvalue weighted by Crippen LogP contribution is 2.28. The van der Waals surface area contributed by atoms with Crippen molar-refractivity contribution in [2.75, 3.05) is 11.9 Å². The zero-order valence-electron chi connectivity index (χ0n) is 12.5. The molecule has 1 amide bonds. The number of amides is 1. The van der Waals surface area contributed by atoms with Gasteiger partial charge in [-0.1, -0.05) is 22.0 Å². The molecule has 0 bridgehead atoms. The molecule has 0 heterocycles. The van der Waals surface area contributed by atoms with Gasteiger partial charge < -0.3 is 10.1 Å². The molecule has 0 spiro atoms. The van der Waals surface area contributed by atoms with E-state index in [9.17, 15) is 13.2 Å². The summed E-state index contributed by atoms with van der Waals surface area (Å²) in [5, 5.41) is 7.72. The average Bonchev–Trinajstić information content (AvgIpc) is 2.47. The lowest BCUT2D eigenvalue weighted by atomic mass is 10.2. The Morgan fingerprint density at radius 3 is 2.54 bits per heavy atom. The first-order valence-corrected chi connectivity index (χ1v) is 9.81. The SMILES string of the molecule is Cc1ccc(NC(=O)COc2ccc(Br)cc2Br)cc1S(N)(=O)=O. The fraction of sp³-hybridized carbons (Fsp3) is 0.133. The van der Waals surface area contributed by atoms with Gasteiger partial charge >= 0.3 is 0 Å². The summed E-state index contributed by atoms with van der Waals surface area (Å²) in [7, 11) is -3.85. The van der Waals surface area contributed by atoms with Crippen LogP contribution in [0.3, 0.4) is 0 Å². The normalized spacial score (nSPS) is 11.2. The highest BCUT2D eigenvalue weighted by molar-refractivity contribution is 9.11. The lowest BCUT2D eigenvalue weighted by Gasteiger charge is -2.11. The van der Waals surface area contributed by atoms with E-state index in [-0.39, 0.29) is 11.5 Å². The molecule has 0 aliphatic heterocycles. The van der Waals surface area contributed by atoms with Crippen LogP contribution in [0, 0.1) is 6.92 Å². The van der Waals surface area contributed by atoms with Crippen molar-refractivity contribution in [1.82, 2.24) is 0 Å². The van der Waals surface area contributed by atoms with Gasteiger partial charge in [0.25, 0.3) is 5.91 Å². The number of benzene rings is 2. The molecule has 0 aliphatic carbocycles. The number of halogens is 2. The smallest absolute Gasteiger partial charge is 0.262 e. The van der Waals surface area contributed by atoms with Gasteiger partial charge in [-0.3, -0.25) is 4.79 Å². The molecule has 0 radical (unpaired) electrons. The second-order valence-electron chi connectivity index (χ2n) is 4.94. The first kappa shape index (κ1) is 18.9. The summed E-state index contributed by atoms with van der Waals surface area (Å²) in [5.74, 6) is 0.0940. The van der Waals surface area contributed by atoms with Crippen LogP contribution in [0.2, 0.25) is 0 Å². The minimum atomic E-state index is -3.85. The molecule has 3 N–H and O–H groups in total. The van der Waals surface area contributed by atoms with Gasteiger partial charge in [-0.2, -0.15) is 0 Å². The summed E-state index contributed by atoms with van der Waals surface area (Å²) in [6, 6.07) is 9.78. The van der Waals surface area contributed by atoms with E-state index in [0.29, 0.717) is 21.5 Å². The lowest BCUT2D eigenvalue weighted by molar-refractivity contribution is -0.118. The van der Waals surface area contributed by atoms with Crippen LogP contribution in [0.4, 0.5) is 5.69 Å². The van der Waals surface area contributed by atoms with E-state index in [4.69, 9.17) is 9.88 Å². The van der Waals surface area contributed by atoms with Crippen molar-refractivity contribution < 1.29 is 17.9 Å². The van der Waals surface area contributed by atoms with Crippen molar-refractivity contribution in [1.29, 1.82) is 0 Å². The predicted molar refractivity (Wildman–Crippen MR) is 98.5 cm³/mol. The van der Waals surface area contributed by atoms with E-state index in [1.807, 2.05) is 0 Å². The number of hydrogen-bond donors (Lipinski definition) is 2. The van der Waals surface area contributed by atoms with Crippen LogP contribution >= 0.6 is 31.9 Å². The highest BCUT2D eigenvalue weighted by Gasteiger charge is 2.13. The first-order valence-electron chi connectivity index (χ1n) is 6.68. The zero-order chi connectivity index (χ0) is 17.9. The van der Waals surface area contributed by atoms with Crippen molar-refractivity contribution in [3.63, 3.8) is 0 Å². The van der Waals surface area contributed by atoms with Crippen LogP contribution in [0.15, 0.2) is 50.2 Å². The van der Waals surface area contributed by atoms with Crippen molar-refractivity contribution in [3.05, 3.63) is 50.9 Å². The molecule has 0 fully saturated rings. The Kier molecular flexibility index (Phi) is 6.02. The lowest BCUT2D eigenvalue weighted by Crippen LogP contribution is -2.21. The average molecular weight is 478 g/mol. The van der Waals surface area contributed by atoms with Crippen molar-refractivity contribution >= 4 is 53.5 Å². The maximum atomic E-state index is 12.0. The number of nitrogens with two attached hydrogens (primary N) is 1. The van der Waals surface area contributed by atoms with Gasteiger partial charge in [0.2, 0.25) is 10.0 Å². The quantitative estimate of drug-likeness (QED) is 0.690. The molecule has 0 aromatic heterocycles. The van der Waals surface area contributed by atoms with Gasteiger partial charge in [-0.15, -0.1) is 0 Å². The van der Waals surface area contributed by atoms with Gasteiger partial charge in [0.1, 0.15) is 5.75 Å². The van der Waals surface area contributed by atoms with Gasteiger partial charge in [0.05, 0.1) is 9.37 Å². The van der Waals surface area contributed by atoms with E-state index in [0.717, 1.165) is 4.47 Å². The van der Waals surface area contributed by atoms with Crippen molar-refractivity contribution in [2.24, 2.45) is 5.14 Å². The Bertz CT molecular complexity index is 885. The molecule has 9 heteroatoms. The fourth-order valence-corrected chi connectivity index (χ4v) is 3.89. The molecule has 128 valence electrons. The van der Waals surface area contributed by atoms with Crippen molar-refractivity contribution in [2.45, 2.75) is 11.8 Å². The third-order valence-corrected chi connectivity index (χ3v) is 5.20. The van der Waals surface area contributed by atoms with Crippen LogP contribution in [-0.4, -0.2) is 20.9 Å². The molecule has 2 aromatic carbocycles. The number of hydrogen-bond acceptors (Lipinski definition) is 4. The van der Waals surface area contributed by atoms with E-state index >= 15 is 0 Å². The summed E-state index contributed by atoms with van der Waals surface area (Å²) in [5.41, 5.74) is 0.832. The summed E-state index contributed by atoms with van der Waals surface area (Å²) >= 11 is 6.66. The molecule has 0 saturated heterocycles. The number of carbonyl (C=O) groups excluding carboxylic acids is 1. The Morgan fingerprint density at radius 2 is 1.92 bits per heavy atom. The zero-order valence-corrected chi connectivity index (χ0v) is 16.5. The maximum Gasteiger partial charge on any atom is 0.262 e. The number of primary sulfonamides is 1. The number of carbonyl (C=O) groups is 1. The third-order valence-electron chi connectivity index (χ3n) is 3.03. The third kappa shape index (κ3) is 5.04. The summed E-state index contributed by atoms with van der Waals surface area (Å²) in [6.07, 6.45) is 0. The van der Waals surface area contributed by atoms with Crippen LogP contribution in [0.25, 0.3) is 0 Å². The molecule has 6 nitrogen and oxygen atoms in total. The standard InChI is InChI=1S/C15H14Br2N2O4S/c1-9-2-4-11(7-14(9)24(18,21)22)19-15(20)8-23-13-5-3-10(16)6-12(13)17/h2-7H,8H2,1H3,(H,19,20)(H2,18,21,22). The topological polar surface area (TPSA) is 98.5 Å². The summed E-state index contributed by atoms with van der Waals surface area (Å²) in [4.78, 5) is 11.9. The van der Waals surface area contributed by atoms with E-state index in [2.05, 4.69) is 37.2 Å². The van der Waals surface area contributed by atoms with E-state index in [1.165, 1.54) is 6.07 Å². The summed E-state index contributed by atoms with van der Waals surface area (Å²) in [6.45, 7) is 1.40. The van der Waals surface area contributed by atoms with Gasteiger partial charge in [0, 0.05) is 10.2 Å². The second kappa shape index (κ2) is 7.64. The highest BCUT2D eigenvalue weighted by atomic mass is 79.9. The van der Waals surface area contributed by atoms with Gasteiger partial charge in [-0.25, -0.2) is 13.6 Å². The van der Waals surface area contributed by atoms with E-state index in [1.54, 1.807) is 37.3 Å². The largest absolute Gasteiger partial charge is 0.483 e.